The van der Waals surface area contributed by atoms with Crippen molar-refractivity contribution in [2.75, 3.05) is 0 Å². The molecule has 5 heteroatoms. The highest BCUT2D eigenvalue weighted by molar-refractivity contribution is 9.10. The van der Waals surface area contributed by atoms with Crippen LogP contribution in [0.2, 0.25) is 5.15 Å². The summed E-state index contributed by atoms with van der Waals surface area (Å²) >= 11 is 9.37. The van der Waals surface area contributed by atoms with Gasteiger partial charge in [-0.3, -0.25) is 0 Å². The Morgan fingerprint density at radius 3 is 2.73 bits per heavy atom. The third kappa shape index (κ3) is 2.33. The molecule has 0 radical (unpaired) electrons. The molecule has 1 aromatic carbocycles. The third-order valence-electron chi connectivity index (χ3n) is 1.85. The molecule has 0 fully saturated rings. The largest absolute Gasteiger partial charge is 0.217 e. The summed E-state index contributed by atoms with van der Waals surface area (Å²) in [5.41, 5.74) is 1.50. The van der Waals surface area contributed by atoms with Crippen LogP contribution in [0.4, 0.5) is 0 Å². The summed E-state index contributed by atoms with van der Waals surface area (Å²) in [5.74, 6) is 0.568. The lowest BCUT2D eigenvalue weighted by molar-refractivity contribution is 0.914. The zero-order valence-corrected chi connectivity index (χ0v) is 10.2. The van der Waals surface area contributed by atoms with Gasteiger partial charge in [-0.15, -0.1) is 10.2 Å². The Morgan fingerprint density at radius 2 is 2.07 bits per heavy atom. The number of hydrogen-bond donors (Lipinski definition) is 0. The predicted octanol–water partition coefficient (Wildman–Crippen LogP) is 3.26. The summed E-state index contributed by atoms with van der Waals surface area (Å²) in [4.78, 5) is 4.06. The smallest absolute Gasteiger partial charge is 0.159 e. The Labute approximate surface area is 101 Å². The fourth-order valence-corrected chi connectivity index (χ4v) is 1.86. The predicted molar refractivity (Wildman–Crippen MR) is 62.7 cm³/mol. The van der Waals surface area contributed by atoms with Crippen LogP contribution in [0.15, 0.2) is 28.7 Å². The van der Waals surface area contributed by atoms with Gasteiger partial charge in [0.2, 0.25) is 0 Å². The van der Waals surface area contributed by atoms with Gasteiger partial charge < -0.3 is 0 Å². The van der Waals surface area contributed by atoms with Crippen LogP contribution < -0.4 is 0 Å². The molecule has 0 unspecified atom stereocenters. The van der Waals surface area contributed by atoms with Gasteiger partial charge in [0.1, 0.15) is 11.5 Å². The van der Waals surface area contributed by atoms with Crippen molar-refractivity contribution in [2.24, 2.45) is 0 Å². The van der Waals surface area contributed by atoms with E-state index in [0.29, 0.717) is 16.7 Å². The normalized spacial score (nSPS) is 10.3. The van der Waals surface area contributed by atoms with E-state index in [1.165, 1.54) is 0 Å². The van der Waals surface area contributed by atoms with Crippen LogP contribution in [0.1, 0.15) is 5.82 Å². The van der Waals surface area contributed by atoms with Crippen LogP contribution in [0, 0.1) is 6.92 Å². The number of nitrogens with zero attached hydrogens (tertiary/aromatic N) is 3. The van der Waals surface area contributed by atoms with E-state index in [9.17, 15) is 0 Å². The molecule has 76 valence electrons. The summed E-state index contributed by atoms with van der Waals surface area (Å²) in [7, 11) is 0. The van der Waals surface area contributed by atoms with Crippen molar-refractivity contribution in [3.05, 3.63) is 39.7 Å². The van der Waals surface area contributed by atoms with Gasteiger partial charge in [-0.05, 0) is 19.1 Å². The maximum absolute atomic E-state index is 5.99. The van der Waals surface area contributed by atoms with Crippen molar-refractivity contribution in [2.45, 2.75) is 6.92 Å². The quantitative estimate of drug-likeness (QED) is 0.807. The third-order valence-corrected chi connectivity index (χ3v) is 2.60. The number of rotatable bonds is 1. The summed E-state index contributed by atoms with van der Waals surface area (Å²) in [6, 6.07) is 7.69. The molecule has 0 aliphatic carbocycles. The molecule has 15 heavy (non-hydrogen) atoms. The Kier molecular flexibility index (Phi) is 2.98. The molecule has 0 saturated carbocycles. The Bertz CT molecular complexity index is 502. The fraction of sp³-hybridized carbons (Fsp3) is 0.100. The molecular formula is C10H7BrClN3. The van der Waals surface area contributed by atoms with E-state index >= 15 is 0 Å². The van der Waals surface area contributed by atoms with Crippen LogP contribution in [-0.4, -0.2) is 15.2 Å². The number of benzene rings is 1. The summed E-state index contributed by atoms with van der Waals surface area (Å²) in [6.07, 6.45) is 0. The molecule has 2 rings (SSSR count). The molecule has 0 N–H and O–H groups in total. The zero-order valence-electron chi connectivity index (χ0n) is 7.91. The first kappa shape index (κ1) is 10.5. The average molecular weight is 285 g/mol. The molecule has 0 atom stereocenters. The number of aromatic nitrogens is 3. The van der Waals surface area contributed by atoms with E-state index < -0.39 is 0 Å². The number of halogens is 2. The second-order valence-corrected chi connectivity index (χ2v) is 4.28. The second kappa shape index (κ2) is 4.24. The SMILES string of the molecule is Cc1nnc(-c2cccc(Br)c2)c(Cl)n1. The second-order valence-electron chi connectivity index (χ2n) is 3.01. The molecular weight excluding hydrogens is 277 g/mol. The van der Waals surface area contributed by atoms with Crippen LogP contribution >= 0.6 is 27.5 Å². The minimum Gasteiger partial charge on any atom is -0.217 e. The molecule has 3 nitrogen and oxygen atoms in total. The van der Waals surface area contributed by atoms with Gasteiger partial charge in [-0.25, -0.2) is 4.98 Å². The van der Waals surface area contributed by atoms with Crippen molar-refractivity contribution < 1.29 is 0 Å². The maximum Gasteiger partial charge on any atom is 0.159 e. The molecule has 0 aliphatic heterocycles. The van der Waals surface area contributed by atoms with Crippen LogP contribution in [0.25, 0.3) is 11.3 Å². The first-order chi connectivity index (χ1) is 7.16. The molecule has 2 aromatic rings. The molecule has 0 spiro atoms. The number of aryl methyl sites for hydroxylation is 1. The molecule has 0 amide bonds. The lowest BCUT2D eigenvalue weighted by atomic mass is 10.2. The van der Waals surface area contributed by atoms with E-state index in [1.54, 1.807) is 6.92 Å². The van der Waals surface area contributed by atoms with Crippen LogP contribution in [0.5, 0.6) is 0 Å². The molecule has 1 aromatic heterocycles. The van der Waals surface area contributed by atoms with Crippen LogP contribution in [0.3, 0.4) is 0 Å². The van der Waals surface area contributed by atoms with Gasteiger partial charge in [0.05, 0.1) is 0 Å². The zero-order chi connectivity index (χ0) is 10.8. The highest BCUT2D eigenvalue weighted by Crippen LogP contribution is 2.25. The minimum absolute atomic E-state index is 0.376. The Hall–Kier alpha value is -1.00. The summed E-state index contributed by atoms with van der Waals surface area (Å²) in [6.45, 7) is 1.75. The van der Waals surface area contributed by atoms with Gasteiger partial charge in [-0.1, -0.05) is 39.7 Å². The molecule has 0 aliphatic rings. The van der Waals surface area contributed by atoms with Crippen molar-refractivity contribution in [1.29, 1.82) is 0 Å². The van der Waals surface area contributed by atoms with Crippen molar-refractivity contribution in [3.63, 3.8) is 0 Å². The van der Waals surface area contributed by atoms with E-state index in [2.05, 4.69) is 31.1 Å². The van der Waals surface area contributed by atoms with E-state index in [1.807, 2.05) is 24.3 Å². The van der Waals surface area contributed by atoms with Crippen molar-refractivity contribution in [1.82, 2.24) is 15.2 Å². The lowest BCUT2D eigenvalue weighted by Crippen LogP contribution is -1.95. The number of hydrogen-bond acceptors (Lipinski definition) is 3. The van der Waals surface area contributed by atoms with Gasteiger partial charge in [0.15, 0.2) is 5.15 Å². The van der Waals surface area contributed by atoms with E-state index in [4.69, 9.17) is 11.6 Å². The van der Waals surface area contributed by atoms with E-state index in [-0.39, 0.29) is 0 Å². The topological polar surface area (TPSA) is 38.7 Å². The summed E-state index contributed by atoms with van der Waals surface area (Å²) < 4.78 is 0.971. The van der Waals surface area contributed by atoms with E-state index in [0.717, 1.165) is 10.0 Å². The Balaban J connectivity index is 2.54. The standard InChI is InChI=1S/C10H7BrClN3/c1-6-13-10(12)9(15-14-6)7-3-2-4-8(11)5-7/h2-5H,1H3. The molecule has 1 heterocycles. The van der Waals surface area contributed by atoms with Crippen LogP contribution in [-0.2, 0) is 0 Å². The average Bonchev–Trinajstić information content (AvgIpc) is 2.17. The fourth-order valence-electron chi connectivity index (χ4n) is 1.19. The first-order valence-corrected chi connectivity index (χ1v) is 5.46. The highest BCUT2D eigenvalue weighted by atomic mass is 79.9. The summed E-state index contributed by atoms with van der Waals surface area (Å²) in [5, 5.41) is 8.28. The van der Waals surface area contributed by atoms with Crippen molar-refractivity contribution >= 4 is 27.5 Å². The first-order valence-electron chi connectivity index (χ1n) is 4.29. The highest BCUT2D eigenvalue weighted by Gasteiger charge is 2.07. The maximum atomic E-state index is 5.99. The monoisotopic (exact) mass is 283 g/mol. The van der Waals surface area contributed by atoms with Gasteiger partial charge >= 0.3 is 0 Å². The molecule has 0 bridgehead atoms. The molecule has 0 saturated heterocycles. The van der Waals surface area contributed by atoms with Gasteiger partial charge in [0, 0.05) is 10.0 Å². The van der Waals surface area contributed by atoms with Gasteiger partial charge in [0.25, 0.3) is 0 Å². The van der Waals surface area contributed by atoms with Gasteiger partial charge in [-0.2, -0.15) is 0 Å². The van der Waals surface area contributed by atoms with Crippen molar-refractivity contribution in [3.8, 4) is 11.3 Å². The minimum atomic E-state index is 0.376. The lowest BCUT2D eigenvalue weighted by Gasteiger charge is -2.02. The Morgan fingerprint density at radius 1 is 1.27 bits per heavy atom.